The first-order valence-corrected chi connectivity index (χ1v) is 6.91. The Hall–Kier alpha value is -1.62. The summed E-state index contributed by atoms with van der Waals surface area (Å²) in [6.07, 6.45) is 1.96. The molecule has 1 fully saturated rings. The first kappa shape index (κ1) is 14.8. The van der Waals surface area contributed by atoms with Crippen LogP contribution in [0.25, 0.3) is 0 Å². The fourth-order valence-corrected chi connectivity index (χ4v) is 2.64. The summed E-state index contributed by atoms with van der Waals surface area (Å²) < 4.78 is 18.5. The number of carbonyl (C=O) groups excluding carboxylic acids is 1. The number of hydrogen-bond acceptors (Lipinski definition) is 3. The molecule has 2 atom stereocenters. The van der Waals surface area contributed by atoms with Crippen LogP contribution in [-0.4, -0.2) is 37.0 Å². The number of carbonyl (C=O) groups is 1. The fraction of sp³-hybridized carbons (Fsp3) is 0.533. The van der Waals surface area contributed by atoms with Gasteiger partial charge in [0.2, 0.25) is 0 Å². The van der Waals surface area contributed by atoms with E-state index in [1.807, 2.05) is 6.92 Å². The number of rotatable bonds is 3. The van der Waals surface area contributed by atoms with E-state index in [9.17, 15) is 9.18 Å². The van der Waals surface area contributed by atoms with E-state index in [1.54, 1.807) is 4.90 Å². The van der Waals surface area contributed by atoms with E-state index in [-0.39, 0.29) is 17.5 Å². The molecule has 1 heterocycles. The van der Waals surface area contributed by atoms with Crippen LogP contribution in [0.2, 0.25) is 0 Å². The minimum atomic E-state index is -0.435. The highest BCUT2D eigenvalue weighted by Crippen LogP contribution is 2.25. The molecule has 0 aliphatic carbocycles. The van der Waals surface area contributed by atoms with Gasteiger partial charge in [-0.2, -0.15) is 0 Å². The number of methoxy groups -OCH3 is 1. The van der Waals surface area contributed by atoms with Crippen LogP contribution in [0.4, 0.5) is 4.39 Å². The summed E-state index contributed by atoms with van der Waals surface area (Å²) in [5.74, 6) is 0.0770. The number of amides is 1. The van der Waals surface area contributed by atoms with Crippen molar-refractivity contribution < 1.29 is 13.9 Å². The minimum Gasteiger partial charge on any atom is -0.496 e. The molecule has 4 nitrogen and oxygen atoms in total. The number of ether oxygens (including phenoxy) is 1. The van der Waals surface area contributed by atoms with E-state index in [1.165, 1.54) is 25.3 Å². The highest BCUT2D eigenvalue weighted by Gasteiger charge is 2.28. The van der Waals surface area contributed by atoms with Gasteiger partial charge in [0.25, 0.3) is 5.91 Å². The van der Waals surface area contributed by atoms with Crippen molar-refractivity contribution in [2.24, 2.45) is 11.7 Å². The van der Waals surface area contributed by atoms with Crippen molar-refractivity contribution in [2.45, 2.75) is 25.8 Å². The highest BCUT2D eigenvalue weighted by molar-refractivity contribution is 5.97. The molecule has 20 heavy (non-hydrogen) atoms. The van der Waals surface area contributed by atoms with Crippen molar-refractivity contribution in [2.75, 3.05) is 20.2 Å². The number of benzene rings is 1. The Bertz CT molecular complexity index is 491. The first-order valence-electron chi connectivity index (χ1n) is 6.91. The number of nitrogens with zero attached hydrogens (tertiary/aromatic N) is 1. The number of piperidine rings is 1. The van der Waals surface area contributed by atoms with Crippen molar-refractivity contribution in [3.05, 3.63) is 29.6 Å². The maximum absolute atomic E-state index is 13.4. The molecular weight excluding hydrogens is 259 g/mol. The van der Waals surface area contributed by atoms with Gasteiger partial charge in [-0.25, -0.2) is 4.39 Å². The van der Waals surface area contributed by atoms with Crippen LogP contribution in [0.1, 0.15) is 30.1 Å². The summed E-state index contributed by atoms with van der Waals surface area (Å²) in [5.41, 5.74) is 6.20. The summed E-state index contributed by atoms with van der Waals surface area (Å²) in [6.45, 7) is 3.26. The van der Waals surface area contributed by atoms with Gasteiger partial charge in [-0.05, 0) is 43.9 Å². The molecule has 2 rings (SSSR count). The molecule has 0 radical (unpaired) electrons. The molecule has 1 amide bonds. The standard InChI is InChI=1S/C15H21FN2O2/c1-10(17)11-4-3-7-18(9-11)15(19)13-8-12(16)5-6-14(13)20-2/h5-6,8,10-11H,3-4,7,9,17H2,1-2H3. The van der Waals surface area contributed by atoms with Crippen molar-refractivity contribution in [1.82, 2.24) is 4.90 Å². The maximum atomic E-state index is 13.4. The number of hydrogen-bond donors (Lipinski definition) is 1. The maximum Gasteiger partial charge on any atom is 0.257 e. The Morgan fingerprint density at radius 2 is 2.30 bits per heavy atom. The first-order chi connectivity index (χ1) is 9.52. The summed E-state index contributed by atoms with van der Waals surface area (Å²) in [6, 6.07) is 4.06. The summed E-state index contributed by atoms with van der Waals surface area (Å²) >= 11 is 0. The topological polar surface area (TPSA) is 55.6 Å². The molecule has 0 aromatic heterocycles. The minimum absolute atomic E-state index is 0.0556. The second-order valence-corrected chi connectivity index (χ2v) is 5.36. The molecule has 1 aromatic carbocycles. The number of nitrogens with two attached hydrogens (primary N) is 1. The predicted molar refractivity (Wildman–Crippen MR) is 75.2 cm³/mol. The smallest absolute Gasteiger partial charge is 0.257 e. The van der Waals surface area contributed by atoms with Crippen molar-refractivity contribution in [3.63, 3.8) is 0 Å². The van der Waals surface area contributed by atoms with Crippen molar-refractivity contribution >= 4 is 5.91 Å². The van der Waals surface area contributed by atoms with Crippen molar-refractivity contribution in [3.8, 4) is 5.75 Å². The van der Waals surface area contributed by atoms with E-state index >= 15 is 0 Å². The van der Waals surface area contributed by atoms with E-state index in [4.69, 9.17) is 10.5 Å². The lowest BCUT2D eigenvalue weighted by Gasteiger charge is -2.34. The Morgan fingerprint density at radius 3 is 2.95 bits per heavy atom. The molecule has 2 N–H and O–H groups in total. The fourth-order valence-electron chi connectivity index (χ4n) is 2.64. The normalized spacial score (nSPS) is 20.6. The summed E-state index contributed by atoms with van der Waals surface area (Å²) in [5, 5.41) is 0. The quantitative estimate of drug-likeness (QED) is 0.921. The van der Waals surface area contributed by atoms with Gasteiger partial charge >= 0.3 is 0 Å². The van der Waals surface area contributed by atoms with Crippen LogP contribution in [0, 0.1) is 11.7 Å². The Balaban J connectivity index is 2.20. The van der Waals surface area contributed by atoms with Crippen LogP contribution in [0.5, 0.6) is 5.75 Å². The third kappa shape index (κ3) is 3.10. The van der Waals surface area contributed by atoms with E-state index in [2.05, 4.69) is 0 Å². The van der Waals surface area contributed by atoms with Gasteiger partial charge in [0.1, 0.15) is 11.6 Å². The largest absolute Gasteiger partial charge is 0.496 e. The molecule has 1 saturated heterocycles. The van der Waals surface area contributed by atoms with Crippen LogP contribution in [0.3, 0.4) is 0 Å². The molecule has 110 valence electrons. The molecule has 0 spiro atoms. The van der Waals surface area contributed by atoms with Crippen LogP contribution in [-0.2, 0) is 0 Å². The molecule has 2 unspecified atom stereocenters. The van der Waals surface area contributed by atoms with E-state index < -0.39 is 5.82 Å². The zero-order valence-electron chi connectivity index (χ0n) is 11.9. The molecule has 5 heteroatoms. The van der Waals surface area contributed by atoms with Crippen LogP contribution >= 0.6 is 0 Å². The average molecular weight is 280 g/mol. The van der Waals surface area contributed by atoms with Crippen LogP contribution < -0.4 is 10.5 Å². The second kappa shape index (κ2) is 6.22. The number of likely N-dealkylation sites (tertiary alicyclic amines) is 1. The van der Waals surface area contributed by atoms with Gasteiger partial charge in [0.05, 0.1) is 12.7 Å². The van der Waals surface area contributed by atoms with Gasteiger partial charge in [0, 0.05) is 19.1 Å². The zero-order chi connectivity index (χ0) is 14.7. The molecule has 1 aliphatic heterocycles. The molecule has 1 aliphatic rings. The van der Waals surface area contributed by atoms with E-state index in [0.717, 1.165) is 12.8 Å². The summed E-state index contributed by atoms with van der Waals surface area (Å²) in [4.78, 5) is 14.3. The molecular formula is C15H21FN2O2. The Morgan fingerprint density at radius 1 is 1.55 bits per heavy atom. The lowest BCUT2D eigenvalue weighted by Crippen LogP contribution is -2.45. The van der Waals surface area contributed by atoms with Gasteiger partial charge in [-0.15, -0.1) is 0 Å². The highest BCUT2D eigenvalue weighted by atomic mass is 19.1. The van der Waals surface area contributed by atoms with Crippen LogP contribution in [0.15, 0.2) is 18.2 Å². The molecule has 0 saturated carbocycles. The lowest BCUT2D eigenvalue weighted by atomic mass is 9.92. The third-order valence-electron chi connectivity index (χ3n) is 3.88. The van der Waals surface area contributed by atoms with Gasteiger partial charge in [-0.1, -0.05) is 0 Å². The Labute approximate surface area is 118 Å². The van der Waals surface area contributed by atoms with Gasteiger partial charge in [0.15, 0.2) is 0 Å². The number of halogens is 1. The molecule has 1 aromatic rings. The monoisotopic (exact) mass is 280 g/mol. The predicted octanol–water partition coefficient (Wildman–Crippen LogP) is 2.03. The third-order valence-corrected chi connectivity index (χ3v) is 3.88. The Kier molecular flexibility index (Phi) is 4.60. The van der Waals surface area contributed by atoms with E-state index in [0.29, 0.717) is 24.8 Å². The second-order valence-electron chi connectivity index (χ2n) is 5.36. The lowest BCUT2D eigenvalue weighted by molar-refractivity contribution is 0.0657. The average Bonchev–Trinajstić information content (AvgIpc) is 2.46. The van der Waals surface area contributed by atoms with Gasteiger partial charge in [-0.3, -0.25) is 4.79 Å². The summed E-state index contributed by atoms with van der Waals surface area (Å²) in [7, 11) is 1.48. The zero-order valence-corrected chi connectivity index (χ0v) is 11.9. The SMILES string of the molecule is COc1ccc(F)cc1C(=O)N1CCCC(C(C)N)C1. The van der Waals surface area contributed by atoms with Gasteiger partial charge < -0.3 is 15.4 Å². The van der Waals surface area contributed by atoms with Crippen molar-refractivity contribution in [1.29, 1.82) is 0 Å². The molecule has 0 bridgehead atoms.